The maximum atomic E-state index is 5.61. The third-order valence-electron chi connectivity index (χ3n) is 4.09. The molecule has 0 amide bonds. The van der Waals surface area contributed by atoms with E-state index in [-0.39, 0.29) is 11.5 Å². The Bertz CT molecular complexity index is 393. The Morgan fingerprint density at radius 3 is 3.11 bits per heavy atom. The highest BCUT2D eigenvalue weighted by Crippen LogP contribution is 2.35. The Balaban J connectivity index is 1.82. The van der Waals surface area contributed by atoms with Gasteiger partial charge in [0.25, 0.3) is 0 Å². The molecule has 2 atom stereocenters. The van der Waals surface area contributed by atoms with E-state index >= 15 is 0 Å². The molecule has 5 nitrogen and oxygen atoms in total. The van der Waals surface area contributed by atoms with Crippen LogP contribution in [0.2, 0.25) is 0 Å². The first-order chi connectivity index (χ1) is 8.84. The molecule has 0 spiro atoms. The maximum Gasteiger partial charge on any atom is 0.234 e. The molecule has 100 valence electrons. The topological polar surface area (TPSA) is 60.2 Å². The zero-order valence-corrected chi connectivity index (χ0v) is 10.9. The number of nitrogens with one attached hydrogen (secondary N) is 1. The molecule has 5 heteroatoms. The van der Waals surface area contributed by atoms with Crippen molar-refractivity contribution >= 4 is 0 Å². The van der Waals surface area contributed by atoms with Crippen LogP contribution in [0.1, 0.15) is 56.8 Å². The highest BCUT2D eigenvalue weighted by Gasteiger charge is 2.40. The normalized spacial score (nSPS) is 32.2. The van der Waals surface area contributed by atoms with Gasteiger partial charge in [-0.2, -0.15) is 4.98 Å². The molecule has 0 bridgehead atoms. The monoisotopic (exact) mass is 251 g/mol. The first-order valence-electron chi connectivity index (χ1n) is 7.00. The van der Waals surface area contributed by atoms with Crippen molar-refractivity contribution in [1.82, 2.24) is 15.5 Å². The van der Waals surface area contributed by atoms with Gasteiger partial charge < -0.3 is 14.6 Å². The van der Waals surface area contributed by atoms with Crippen molar-refractivity contribution in [1.29, 1.82) is 0 Å². The average molecular weight is 251 g/mol. The summed E-state index contributed by atoms with van der Waals surface area (Å²) in [6, 6.07) is 0. The van der Waals surface area contributed by atoms with E-state index in [0.717, 1.165) is 63.5 Å². The molecule has 2 aliphatic rings. The lowest BCUT2D eigenvalue weighted by molar-refractivity contribution is 0.103. The van der Waals surface area contributed by atoms with Crippen molar-refractivity contribution in [2.24, 2.45) is 0 Å². The van der Waals surface area contributed by atoms with Crippen molar-refractivity contribution in [2.75, 3.05) is 19.7 Å². The van der Waals surface area contributed by atoms with Gasteiger partial charge in [0, 0.05) is 13.2 Å². The predicted molar refractivity (Wildman–Crippen MR) is 66.3 cm³/mol. The molecule has 1 aromatic heterocycles. The quantitative estimate of drug-likeness (QED) is 0.886. The first kappa shape index (κ1) is 12.1. The fourth-order valence-corrected chi connectivity index (χ4v) is 3.09. The van der Waals surface area contributed by atoms with Crippen LogP contribution in [-0.4, -0.2) is 29.8 Å². The van der Waals surface area contributed by atoms with Crippen LogP contribution in [-0.2, 0) is 10.2 Å². The molecule has 1 aromatic rings. The van der Waals surface area contributed by atoms with Gasteiger partial charge in [0.05, 0.1) is 5.41 Å². The standard InChI is InChI=1S/C13H21N3O2/c1-2-5-13(6-7-14-9-13)12-15-11(16-18-12)10-4-3-8-17-10/h10,14H,2-9H2,1H3. The van der Waals surface area contributed by atoms with Gasteiger partial charge in [-0.05, 0) is 32.2 Å². The van der Waals surface area contributed by atoms with E-state index in [2.05, 4.69) is 22.4 Å². The predicted octanol–water partition coefficient (Wildman–Crippen LogP) is 1.95. The summed E-state index contributed by atoms with van der Waals surface area (Å²) >= 11 is 0. The molecular weight excluding hydrogens is 230 g/mol. The number of rotatable bonds is 4. The zero-order valence-electron chi connectivity index (χ0n) is 10.9. The number of aromatic nitrogens is 2. The molecule has 2 aliphatic heterocycles. The molecule has 18 heavy (non-hydrogen) atoms. The van der Waals surface area contributed by atoms with Crippen molar-refractivity contribution in [3.63, 3.8) is 0 Å². The summed E-state index contributed by atoms with van der Waals surface area (Å²) in [6.07, 6.45) is 5.49. The van der Waals surface area contributed by atoms with Crippen LogP contribution in [0.3, 0.4) is 0 Å². The second-order valence-electron chi connectivity index (χ2n) is 5.42. The molecule has 3 heterocycles. The zero-order chi connectivity index (χ0) is 12.4. The Morgan fingerprint density at radius 2 is 2.44 bits per heavy atom. The van der Waals surface area contributed by atoms with Gasteiger partial charge in [0.15, 0.2) is 0 Å². The minimum absolute atomic E-state index is 0.0514. The molecule has 0 aliphatic carbocycles. The van der Waals surface area contributed by atoms with Gasteiger partial charge in [-0.1, -0.05) is 18.5 Å². The maximum absolute atomic E-state index is 5.61. The molecule has 1 N–H and O–H groups in total. The Hall–Kier alpha value is -0.940. The van der Waals surface area contributed by atoms with E-state index in [4.69, 9.17) is 9.26 Å². The molecular formula is C13H21N3O2. The minimum atomic E-state index is 0.0514. The lowest BCUT2D eigenvalue weighted by Gasteiger charge is -2.22. The second-order valence-corrected chi connectivity index (χ2v) is 5.42. The number of hydrogen-bond donors (Lipinski definition) is 1. The van der Waals surface area contributed by atoms with E-state index in [1.807, 2.05) is 0 Å². The van der Waals surface area contributed by atoms with Gasteiger partial charge in [-0.15, -0.1) is 0 Å². The fraction of sp³-hybridized carbons (Fsp3) is 0.846. The number of hydrogen-bond acceptors (Lipinski definition) is 5. The van der Waals surface area contributed by atoms with Crippen LogP contribution in [0.5, 0.6) is 0 Å². The van der Waals surface area contributed by atoms with Gasteiger partial charge >= 0.3 is 0 Å². The largest absolute Gasteiger partial charge is 0.370 e. The highest BCUT2D eigenvalue weighted by atomic mass is 16.5. The smallest absolute Gasteiger partial charge is 0.234 e. The molecule has 2 fully saturated rings. The van der Waals surface area contributed by atoms with Gasteiger partial charge in [0.2, 0.25) is 11.7 Å². The van der Waals surface area contributed by atoms with Crippen molar-refractivity contribution < 1.29 is 9.26 Å². The van der Waals surface area contributed by atoms with Crippen LogP contribution >= 0.6 is 0 Å². The third-order valence-corrected chi connectivity index (χ3v) is 4.09. The van der Waals surface area contributed by atoms with Crippen molar-refractivity contribution in [2.45, 2.75) is 50.5 Å². The second kappa shape index (κ2) is 4.97. The number of ether oxygens (including phenoxy) is 1. The summed E-state index contributed by atoms with van der Waals surface area (Å²) in [5.41, 5.74) is 0.0542. The molecule has 0 saturated carbocycles. The van der Waals surface area contributed by atoms with Crippen LogP contribution in [0.4, 0.5) is 0 Å². The molecule has 2 unspecified atom stereocenters. The van der Waals surface area contributed by atoms with E-state index in [1.54, 1.807) is 0 Å². The molecule has 3 rings (SSSR count). The van der Waals surface area contributed by atoms with E-state index < -0.39 is 0 Å². The lowest BCUT2D eigenvalue weighted by Crippen LogP contribution is -2.29. The summed E-state index contributed by atoms with van der Waals surface area (Å²) < 4.78 is 11.1. The Kier molecular flexibility index (Phi) is 3.35. The van der Waals surface area contributed by atoms with Gasteiger partial charge in [-0.3, -0.25) is 0 Å². The molecule has 0 aromatic carbocycles. The average Bonchev–Trinajstić information content (AvgIpc) is 3.11. The van der Waals surface area contributed by atoms with E-state index in [0.29, 0.717) is 0 Å². The lowest BCUT2D eigenvalue weighted by atomic mass is 9.82. The Labute approximate surface area is 107 Å². The summed E-state index contributed by atoms with van der Waals surface area (Å²) in [4.78, 5) is 4.62. The fourth-order valence-electron chi connectivity index (χ4n) is 3.09. The first-order valence-corrected chi connectivity index (χ1v) is 7.00. The van der Waals surface area contributed by atoms with Crippen LogP contribution in [0.15, 0.2) is 4.52 Å². The summed E-state index contributed by atoms with van der Waals surface area (Å²) in [5.74, 6) is 1.55. The minimum Gasteiger partial charge on any atom is -0.370 e. The summed E-state index contributed by atoms with van der Waals surface area (Å²) in [7, 11) is 0. The number of nitrogens with zero attached hydrogens (tertiary/aromatic N) is 2. The van der Waals surface area contributed by atoms with Crippen molar-refractivity contribution in [3.8, 4) is 0 Å². The molecule has 0 radical (unpaired) electrons. The summed E-state index contributed by atoms with van der Waals surface area (Å²) in [5, 5.41) is 7.55. The SMILES string of the molecule is CCCC1(c2nc(C3CCCO3)no2)CCNC1. The van der Waals surface area contributed by atoms with Gasteiger partial charge in [-0.25, -0.2) is 0 Å². The Morgan fingerprint density at radius 1 is 1.50 bits per heavy atom. The molecule has 2 saturated heterocycles. The van der Waals surface area contributed by atoms with Crippen LogP contribution in [0.25, 0.3) is 0 Å². The van der Waals surface area contributed by atoms with Crippen LogP contribution in [0, 0.1) is 0 Å². The van der Waals surface area contributed by atoms with E-state index in [1.165, 1.54) is 0 Å². The summed E-state index contributed by atoms with van der Waals surface area (Å²) in [6.45, 7) is 5.01. The highest BCUT2D eigenvalue weighted by molar-refractivity contribution is 5.10. The third kappa shape index (κ3) is 2.06. The van der Waals surface area contributed by atoms with E-state index in [9.17, 15) is 0 Å². The van der Waals surface area contributed by atoms with Crippen LogP contribution < -0.4 is 5.32 Å². The van der Waals surface area contributed by atoms with Crippen molar-refractivity contribution in [3.05, 3.63) is 11.7 Å². The van der Waals surface area contributed by atoms with Gasteiger partial charge in [0.1, 0.15) is 6.10 Å².